The van der Waals surface area contributed by atoms with Gasteiger partial charge in [-0.05, 0) is 38.2 Å². The summed E-state index contributed by atoms with van der Waals surface area (Å²) in [6, 6.07) is 3.72. The zero-order valence-electron chi connectivity index (χ0n) is 9.82. The van der Waals surface area contributed by atoms with Gasteiger partial charge in [0.25, 0.3) is 0 Å². The summed E-state index contributed by atoms with van der Waals surface area (Å²) in [6.45, 7) is 0.869. The Labute approximate surface area is 101 Å². The van der Waals surface area contributed by atoms with Crippen molar-refractivity contribution in [3.05, 3.63) is 29.7 Å². The Hall–Kier alpha value is -1.89. The van der Waals surface area contributed by atoms with E-state index in [0.29, 0.717) is 0 Å². The second kappa shape index (κ2) is 6.00. The van der Waals surface area contributed by atoms with Crippen molar-refractivity contribution in [3.63, 3.8) is 0 Å². The van der Waals surface area contributed by atoms with Crippen LogP contribution in [0.5, 0.6) is 0 Å². The molecule has 1 aliphatic carbocycles. The predicted molar refractivity (Wildman–Crippen MR) is 66.4 cm³/mol. The topological polar surface area (TPSA) is 61.6 Å². The first-order valence-corrected chi connectivity index (χ1v) is 6.03. The fourth-order valence-corrected chi connectivity index (χ4v) is 1.99. The summed E-state index contributed by atoms with van der Waals surface area (Å²) in [6.07, 6.45) is 10.1. The molecule has 4 nitrogen and oxygen atoms in total. The highest BCUT2D eigenvalue weighted by molar-refractivity contribution is 5.35. The number of anilines is 1. The highest BCUT2D eigenvalue weighted by Gasteiger charge is 2.03. The van der Waals surface area contributed by atoms with E-state index in [1.807, 2.05) is 6.07 Å². The average molecular weight is 228 g/mol. The van der Waals surface area contributed by atoms with Gasteiger partial charge in [0.05, 0.1) is 0 Å². The molecule has 0 spiro atoms. The monoisotopic (exact) mass is 228 g/mol. The van der Waals surface area contributed by atoms with Gasteiger partial charge >= 0.3 is 0 Å². The summed E-state index contributed by atoms with van der Waals surface area (Å²) in [5, 5.41) is 11.9. The molecule has 1 heterocycles. The van der Waals surface area contributed by atoms with E-state index in [0.717, 1.165) is 18.8 Å². The Bertz CT molecular complexity index is 445. The minimum atomic E-state index is 0.215. The fraction of sp³-hybridized carbons (Fsp3) is 0.462. The lowest BCUT2D eigenvalue weighted by Crippen LogP contribution is -2.06. The summed E-state index contributed by atoms with van der Waals surface area (Å²) < 4.78 is 0. The van der Waals surface area contributed by atoms with E-state index in [9.17, 15) is 0 Å². The molecule has 1 aromatic rings. The molecule has 4 heteroatoms. The maximum absolute atomic E-state index is 8.68. The van der Waals surface area contributed by atoms with Crippen molar-refractivity contribution in [2.75, 3.05) is 11.9 Å². The molecule has 0 atom stereocenters. The highest BCUT2D eigenvalue weighted by Crippen LogP contribution is 2.19. The zero-order valence-corrected chi connectivity index (χ0v) is 9.82. The highest BCUT2D eigenvalue weighted by atomic mass is 15.0. The van der Waals surface area contributed by atoms with Crippen LogP contribution in [-0.2, 0) is 0 Å². The van der Waals surface area contributed by atoms with Crippen molar-refractivity contribution < 1.29 is 0 Å². The maximum Gasteiger partial charge on any atom is 0.234 e. The van der Waals surface area contributed by atoms with Crippen LogP contribution in [0.15, 0.2) is 23.9 Å². The van der Waals surface area contributed by atoms with Crippen molar-refractivity contribution in [2.45, 2.75) is 32.1 Å². The second-order valence-electron chi connectivity index (χ2n) is 4.16. The number of aromatic nitrogens is 2. The van der Waals surface area contributed by atoms with Gasteiger partial charge in [0.1, 0.15) is 11.9 Å². The molecule has 17 heavy (non-hydrogen) atoms. The van der Waals surface area contributed by atoms with Crippen molar-refractivity contribution >= 4 is 5.82 Å². The third-order valence-electron chi connectivity index (χ3n) is 2.89. The first kappa shape index (κ1) is 11.6. The second-order valence-corrected chi connectivity index (χ2v) is 4.16. The third-order valence-corrected chi connectivity index (χ3v) is 2.89. The Kier molecular flexibility index (Phi) is 4.09. The summed E-state index contributed by atoms with van der Waals surface area (Å²) in [4.78, 5) is 7.90. The summed E-state index contributed by atoms with van der Waals surface area (Å²) in [5.74, 6) is 0.944. The molecule has 0 aliphatic heterocycles. The molecule has 0 saturated heterocycles. The molecule has 2 rings (SSSR count). The molecule has 1 aromatic heterocycles. The van der Waals surface area contributed by atoms with Gasteiger partial charge in [-0.1, -0.05) is 11.6 Å². The van der Waals surface area contributed by atoms with Gasteiger partial charge in [0.15, 0.2) is 0 Å². The summed E-state index contributed by atoms with van der Waals surface area (Å²) in [5.41, 5.74) is 1.54. The lowest BCUT2D eigenvalue weighted by atomic mass is 9.97. The van der Waals surface area contributed by atoms with Gasteiger partial charge < -0.3 is 5.32 Å². The van der Waals surface area contributed by atoms with E-state index in [1.165, 1.54) is 25.7 Å². The van der Waals surface area contributed by atoms with Crippen LogP contribution in [0.1, 0.15) is 37.9 Å². The normalized spacial score (nSPS) is 14.9. The quantitative estimate of drug-likeness (QED) is 0.805. The molecule has 0 amide bonds. The molecule has 0 radical (unpaired) electrons. The molecule has 88 valence electrons. The lowest BCUT2D eigenvalue weighted by molar-refractivity contribution is 0.679. The smallest absolute Gasteiger partial charge is 0.234 e. The lowest BCUT2D eigenvalue weighted by Gasteiger charge is -2.13. The van der Waals surface area contributed by atoms with Crippen LogP contribution in [0.25, 0.3) is 0 Å². The minimum absolute atomic E-state index is 0.215. The molecule has 0 bridgehead atoms. The van der Waals surface area contributed by atoms with Gasteiger partial charge in [-0.2, -0.15) is 5.26 Å². The van der Waals surface area contributed by atoms with Crippen molar-refractivity contribution in [3.8, 4) is 6.07 Å². The molecule has 0 unspecified atom stereocenters. The van der Waals surface area contributed by atoms with Crippen molar-refractivity contribution in [2.24, 2.45) is 0 Å². The number of hydrogen-bond donors (Lipinski definition) is 1. The largest absolute Gasteiger partial charge is 0.370 e. The Morgan fingerprint density at radius 2 is 2.35 bits per heavy atom. The van der Waals surface area contributed by atoms with Crippen LogP contribution < -0.4 is 5.32 Å². The van der Waals surface area contributed by atoms with Gasteiger partial charge in [0.2, 0.25) is 5.82 Å². The fourth-order valence-electron chi connectivity index (χ4n) is 1.99. The number of rotatable bonds is 4. The number of allylic oxidation sites excluding steroid dienone is 1. The van der Waals surface area contributed by atoms with Crippen molar-refractivity contribution in [1.82, 2.24) is 9.97 Å². The standard InChI is InChI=1S/C13H16N4/c14-10-13-16-9-7-12(17-13)15-8-6-11-4-2-1-3-5-11/h4,7,9H,1-3,5-6,8H2,(H,15,16,17). The summed E-state index contributed by atoms with van der Waals surface area (Å²) >= 11 is 0. The van der Waals surface area contributed by atoms with Crippen LogP contribution in [-0.4, -0.2) is 16.5 Å². The van der Waals surface area contributed by atoms with E-state index in [2.05, 4.69) is 21.4 Å². The van der Waals surface area contributed by atoms with Crippen LogP contribution in [0.4, 0.5) is 5.82 Å². The Morgan fingerprint density at radius 1 is 1.41 bits per heavy atom. The minimum Gasteiger partial charge on any atom is -0.370 e. The van der Waals surface area contributed by atoms with E-state index in [1.54, 1.807) is 17.8 Å². The molecule has 0 aromatic carbocycles. The third kappa shape index (κ3) is 3.56. The maximum atomic E-state index is 8.68. The van der Waals surface area contributed by atoms with Gasteiger partial charge in [-0.3, -0.25) is 0 Å². The van der Waals surface area contributed by atoms with Crippen LogP contribution in [0, 0.1) is 11.3 Å². The number of nitrogens with zero attached hydrogens (tertiary/aromatic N) is 3. The van der Waals surface area contributed by atoms with Gasteiger partial charge in [0, 0.05) is 12.7 Å². The number of nitrogens with one attached hydrogen (secondary N) is 1. The van der Waals surface area contributed by atoms with Crippen LogP contribution in [0.2, 0.25) is 0 Å². The zero-order chi connectivity index (χ0) is 11.9. The van der Waals surface area contributed by atoms with E-state index in [-0.39, 0.29) is 5.82 Å². The molecule has 0 fully saturated rings. The molecular weight excluding hydrogens is 212 g/mol. The van der Waals surface area contributed by atoms with Gasteiger partial charge in [-0.25, -0.2) is 9.97 Å². The Morgan fingerprint density at radius 3 is 3.12 bits per heavy atom. The van der Waals surface area contributed by atoms with E-state index < -0.39 is 0 Å². The number of nitriles is 1. The first-order chi connectivity index (χ1) is 8.38. The van der Waals surface area contributed by atoms with Gasteiger partial charge in [-0.15, -0.1) is 0 Å². The SMILES string of the molecule is N#Cc1nccc(NCCC2=CCCCC2)n1. The van der Waals surface area contributed by atoms with Crippen LogP contribution in [0.3, 0.4) is 0 Å². The van der Waals surface area contributed by atoms with E-state index in [4.69, 9.17) is 5.26 Å². The molecule has 1 N–H and O–H groups in total. The summed E-state index contributed by atoms with van der Waals surface area (Å²) in [7, 11) is 0. The molecular formula is C13H16N4. The predicted octanol–water partition coefficient (Wildman–Crippen LogP) is 2.65. The van der Waals surface area contributed by atoms with Crippen molar-refractivity contribution in [1.29, 1.82) is 5.26 Å². The number of hydrogen-bond acceptors (Lipinski definition) is 4. The molecule has 0 saturated carbocycles. The van der Waals surface area contributed by atoms with E-state index >= 15 is 0 Å². The van der Waals surface area contributed by atoms with Crippen LogP contribution >= 0.6 is 0 Å². The molecule has 1 aliphatic rings. The Balaban J connectivity index is 1.81. The first-order valence-electron chi connectivity index (χ1n) is 6.03. The average Bonchev–Trinajstić information content (AvgIpc) is 2.40.